The second-order valence-corrected chi connectivity index (χ2v) is 8.73. The van der Waals surface area contributed by atoms with Crippen molar-refractivity contribution in [2.45, 2.75) is 41.5 Å². The van der Waals surface area contributed by atoms with Gasteiger partial charge in [-0.25, -0.2) is 19.9 Å². The van der Waals surface area contributed by atoms with Gasteiger partial charge >= 0.3 is 0 Å². The van der Waals surface area contributed by atoms with E-state index in [9.17, 15) is 10.2 Å². The van der Waals surface area contributed by atoms with Gasteiger partial charge in [-0.05, 0) is 88.1 Å². The second kappa shape index (κ2) is 11.0. The summed E-state index contributed by atoms with van der Waals surface area (Å²) in [6.07, 6.45) is 3.50. The van der Waals surface area contributed by atoms with Gasteiger partial charge in [0.2, 0.25) is 0 Å². The molecule has 0 aromatic carbocycles. The Morgan fingerprint density at radius 2 is 0.917 bits per heavy atom. The smallest absolute Gasteiger partial charge is 0.140 e. The largest absolute Gasteiger partial charge is 0.506 e. The number of aromatic hydroxyl groups is 2. The van der Waals surface area contributed by atoms with Gasteiger partial charge in [0.05, 0.1) is 11.4 Å². The van der Waals surface area contributed by atoms with E-state index in [0.29, 0.717) is 11.4 Å². The topological polar surface area (TPSA) is 98.5 Å². The Kier molecular flexibility index (Phi) is 8.09. The Morgan fingerprint density at radius 3 is 1.22 bits per heavy atom. The highest BCUT2D eigenvalue weighted by Gasteiger charge is 2.16. The van der Waals surface area contributed by atoms with E-state index in [4.69, 9.17) is 0 Å². The Labute approximate surface area is 213 Å². The lowest BCUT2D eigenvalue weighted by molar-refractivity contribution is 0.462. The molecule has 0 aliphatic rings. The summed E-state index contributed by atoms with van der Waals surface area (Å²) < 4.78 is 0. The third kappa shape index (κ3) is 5.38. The minimum Gasteiger partial charge on any atom is -0.506 e. The highest BCUT2D eigenvalue weighted by molar-refractivity contribution is 5.63. The first-order valence-corrected chi connectivity index (χ1v) is 11.7. The van der Waals surface area contributed by atoms with Crippen LogP contribution in [0.3, 0.4) is 0 Å². The standard InChI is InChI=1S/2C14H17N3O/c2*1-9-10(2)14(16-11(3)13(9)18)17(4)12-7-5-6-8-15-12/h2*5-8,18H,1-4H3. The molecule has 0 aliphatic carbocycles. The third-order valence-corrected chi connectivity index (χ3v) is 6.36. The van der Waals surface area contributed by atoms with E-state index >= 15 is 0 Å². The summed E-state index contributed by atoms with van der Waals surface area (Å²) in [5, 5.41) is 19.7. The number of rotatable bonds is 4. The zero-order valence-corrected chi connectivity index (χ0v) is 22.2. The van der Waals surface area contributed by atoms with Crippen molar-refractivity contribution in [1.29, 1.82) is 0 Å². The maximum Gasteiger partial charge on any atom is 0.140 e. The van der Waals surface area contributed by atoms with Crippen molar-refractivity contribution < 1.29 is 10.2 Å². The summed E-state index contributed by atoms with van der Waals surface area (Å²) in [6, 6.07) is 11.5. The second-order valence-electron chi connectivity index (χ2n) is 8.73. The van der Waals surface area contributed by atoms with E-state index < -0.39 is 0 Å². The molecule has 8 nitrogen and oxygen atoms in total. The molecule has 0 radical (unpaired) electrons. The lowest BCUT2D eigenvalue weighted by Crippen LogP contribution is -2.15. The van der Waals surface area contributed by atoms with Gasteiger partial charge in [0.1, 0.15) is 34.8 Å². The number of nitrogens with zero attached hydrogens (tertiary/aromatic N) is 6. The highest BCUT2D eigenvalue weighted by Crippen LogP contribution is 2.32. The molecule has 0 saturated carbocycles. The van der Waals surface area contributed by atoms with Crippen LogP contribution < -0.4 is 9.80 Å². The number of hydrogen-bond acceptors (Lipinski definition) is 8. The first kappa shape index (κ1) is 26.4. The molecule has 0 bridgehead atoms. The van der Waals surface area contributed by atoms with Crippen molar-refractivity contribution in [3.05, 3.63) is 82.4 Å². The maximum atomic E-state index is 9.87. The quantitative estimate of drug-likeness (QED) is 0.376. The zero-order valence-electron chi connectivity index (χ0n) is 22.2. The average Bonchev–Trinajstić information content (AvgIpc) is 2.91. The van der Waals surface area contributed by atoms with Crippen molar-refractivity contribution >= 4 is 23.3 Å². The molecule has 0 unspecified atom stereocenters. The van der Waals surface area contributed by atoms with Crippen LogP contribution in [-0.4, -0.2) is 44.2 Å². The van der Waals surface area contributed by atoms with Crippen molar-refractivity contribution in [2.24, 2.45) is 0 Å². The summed E-state index contributed by atoms with van der Waals surface area (Å²) in [6.45, 7) is 11.3. The Balaban J connectivity index is 0.000000201. The Bertz CT molecular complexity index is 1240. The SMILES string of the molecule is Cc1nc(N(C)c2ccccn2)c(C)c(C)c1O.Cc1nc(N(C)c2ccccn2)c(C)c(C)c1O. The van der Waals surface area contributed by atoms with Crippen LogP contribution in [0.4, 0.5) is 23.3 Å². The van der Waals surface area contributed by atoms with Crippen molar-refractivity contribution in [2.75, 3.05) is 23.9 Å². The number of pyridine rings is 4. The minimum absolute atomic E-state index is 0.269. The zero-order chi connectivity index (χ0) is 26.6. The van der Waals surface area contributed by atoms with Crippen LogP contribution in [0, 0.1) is 41.5 Å². The van der Waals surface area contributed by atoms with Gasteiger partial charge in [-0.15, -0.1) is 0 Å². The molecule has 0 spiro atoms. The van der Waals surface area contributed by atoms with Crippen LogP contribution in [0.25, 0.3) is 0 Å². The van der Waals surface area contributed by atoms with Gasteiger partial charge in [-0.2, -0.15) is 0 Å². The van der Waals surface area contributed by atoms with Crippen LogP contribution >= 0.6 is 0 Å². The molecule has 4 rings (SSSR count). The van der Waals surface area contributed by atoms with E-state index in [1.165, 1.54) is 0 Å². The molecule has 2 N–H and O–H groups in total. The predicted octanol–water partition coefficient (Wildman–Crippen LogP) is 5.75. The van der Waals surface area contributed by atoms with E-state index in [-0.39, 0.29) is 11.5 Å². The van der Waals surface area contributed by atoms with E-state index in [1.54, 1.807) is 26.2 Å². The lowest BCUT2D eigenvalue weighted by Gasteiger charge is -2.21. The molecule has 4 aromatic rings. The molecular formula is C28H34N6O2. The maximum absolute atomic E-state index is 9.87. The summed E-state index contributed by atoms with van der Waals surface area (Å²) in [5.74, 6) is 3.84. The number of aromatic nitrogens is 4. The molecule has 4 aromatic heterocycles. The molecule has 0 amide bonds. The first-order valence-electron chi connectivity index (χ1n) is 11.7. The molecule has 188 valence electrons. The van der Waals surface area contributed by atoms with Gasteiger partial charge in [0.25, 0.3) is 0 Å². The van der Waals surface area contributed by atoms with Crippen LogP contribution in [0.15, 0.2) is 48.8 Å². The molecule has 0 atom stereocenters. The van der Waals surface area contributed by atoms with Crippen LogP contribution in [0.5, 0.6) is 11.5 Å². The third-order valence-electron chi connectivity index (χ3n) is 6.36. The van der Waals surface area contributed by atoms with Crippen molar-refractivity contribution in [1.82, 2.24) is 19.9 Å². The van der Waals surface area contributed by atoms with Gasteiger partial charge in [-0.1, -0.05) is 12.1 Å². The van der Waals surface area contributed by atoms with Crippen LogP contribution in [0.2, 0.25) is 0 Å². The summed E-state index contributed by atoms with van der Waals surface area (Å²) in [7, 11) is 3.85. The number of aryl methyl sites for hydroxylation is 2. The normalized spacial score (nSPS) is 10.4. The average molecular weight is 487 g/mol. The van der Waals surface area contributed by atoms with E-state index in [2.05, 4.69) is 19.9 Å². The number of anilines is 4. The number of hydrogen-bond donors (Lipinski definition) is 2. The van der Waals surface area contributed by atoms with Gasteiger partial charge < -0.3 is 20.0 Å². The van der Waals surface area contributed by atoms with E-state index in [0.717, 1.165) is 45.5 Å². The monoisotopic (exact) mass is 486 g/mol. The summed E-state index contributed by atoms with van der Waals surface area (Å²) in [5.41, 5.74) is 4.92. The highest BCUT2D eigenvalue weighted by atomic mass is 16.3. The molecule has 0 saturated heterocycles. The summed E-state index contributed by atoms with van der Waals surface area (Å²) in [4.78, 5) is 21.3. The molecule has 0 fully saturated rings. The molecule has 4 heterocycles. The van der Waals surface area contributed by atoms with Crippen molar-refractivity contribution in [3.8, 4) is 11.5 Å². The van der Waals surface area contributed by atoms with Gasteiger partial charge in [0.15, 0.2) is 0 Å². The summed E-state index contributed by atoms with van der Waals surface area (Å²) >= 11 is 0. The molecule has 0 aliphatic heterocycles. The minimum atomic E-state index is 0.269. The van der Waals surface area contributed by atoms with Crippen LogP contribution in [0.1, 0.15) is 33.6 Å². The van der Waals surface area contributed by atoms with Gasteiger partial charge in [0, 0.05) is 26.5 Å². The van der Waals surface area contributed by atoms with Crippen LogP contribution in [-0.2, 0) is 0 Å². The van der Waals surface area contributed by atoms with Crippen molar-refractivity contribution in [3.63, 3.8) is 0 Å². The Hall–Kier alpha value is -4.20. The molecule has 36 heavy (non-hydrogen) atoms. The fraction of sp³-hybridized carbons (Fsp3) is 0.286. The Morgan fingerprint density at radius 1 is 0.556 bits per heavy atom. The molecule has 8 heteroatoms. The first-order chi connectivity index (χ1) is 17.0. The fourth-order valence-electron chi connectivity index (χ4n) is 3.80. The lowest BCUT2D eigenvalue weighted by atomic mass is 10.1. The van der Waals surface area contributed by atoms with E-state index in [1.807, 2.05) is 88.0 Å². The fourth-order valence-corrected chi connectivity index (χ4v) is 3.80. The predicted molar refractivity (Wildman–Crippen MR) is 145 cm³/mol. The van der Waals surface area contributed by atoms with Gasteiger partial charge in [-0.3, -0.25) is 0 Å². The molecular weight excluding hydrogens is 452 g/mol.